The van der Waals surface area contributed by atoms with Crippen LogP contribution in [0.15, 0.2) is 18.2 Å². The van der Waals surface area contributed by atoms with Crippen molar-refractivity contribution in [1.82, 2.24) is 4.90 Å². The maximum Gasteiger partial charge on any atom is 0.253 e. The monoisotopic (exact) mass is 260 g/mol. The van der Waals surface area contributed by atoms with E-state index in [1.165, 1.54) is 5.56 Å². The van der Waals surface area contributed by atoms with Crippen LogP contribution in [0.4, 0.5) is 5.69 Å². The molecule has 1 aromatic rings. The van der Waals surface area contributed by atoms with Crippen LogP contribution in [0, 0.1) is 5.92 Å². The van der Waals surface area contributed by atoms with E-state index in [-0.39, 0.29) is 12.5 Å². The molecule has 4 nitrogen and oxygen atoms in total. The molecule has 2 aliphatic rings. The Bertz CT molecular complexity index is 479. The number of likely N-dealkylation sites (tertiary alicyclic amines) is 1. The Morgan fingerprint density at radius 1 is 1.37 bits per heavy atom. The topological polar surface area (TPSA) is 52.6 Å². The summed E-state index contributed by atoms with van der Waals surface area (Å²) in [5, 5.41) is 12.4. The molecular formula is C15H20N2O2. The van der Waals surface area contributed by atoms with Crippen LogP contribution >= 0.6 is 0 Å². The number of hydrogen-bond donors (Lipinski definition) is 2. The fraction of sp³-hybridized carbons (Fsp3) is 0.533. The minimum Gasteiger partial charge on any atom is -0.396 e. The van der Waals surface area contributed by atoms with E-state index in [2.05, 4.69) is 11.4 Å². The summed E-state index contributed by atoms with van der Waals surface area (Å²) in [5.74, 6) is 0.485. The first-order valence-electron chi connectivity index (χ1n) is 7.05. The highest BCUT2D eigenvalue weighted by Gasteiger charge is 2.24. The molecule has 1 saturated heterocycles. The molecule has 2 heterocycles. The molecule has 0 aromatic heterocycles. The zero-order valence-electron chi connectivity index (χ0n) is 11.1. The third-order valence-electron chi connectivity index (χ3n) is 4.23. The summed E-state index contributed by atoms with van der Waals surface area (Å²) in [6.07, 6.45) is 2.86. The number of amides is 1. The number of rotatable bonds is 2. The summed E-state index contributed by atoms with van der Waals surface area (Å²) in [5.41, 5.74) is 3.18. The SMILES string of the molecule is O=C(c1ccc2c(c1)NCC2)N1CCC(CO)CC1. The van der Waals surface area contributed by atoms with Crippen molar-refractivity contribution < 1.29 is 9.90 Å². The maximum absolute atomic E-state index is 12.4. The lowest BCUT2D eigenvalue weighted by atomic mass is 9.97. The molecule has 3 rings (SSSR count). The molecule has 0 radical (unpaired) electrons. The average Bonchev–Trinajstić information content (AvgIpc) is 2.94. The number of nitrogens with one attached hydrogen (secondary N) is 1. The number of benzene rings is 1. The van der Waals surface area contributed by atoms with Gasteiger partial charge < -0.3 is 15.3 Å². The highest BCUT2D eigenvalue weighted by atomic mass is 16.3. The fourth-order valence-corrected chi connectivity index (χ4v) is 2.93. The van der Waals surface area contributed by atoms with Crippen LogP contribution in [0.5, 0.6) is 0 Å². The molecule has 0 unspecified atom stereocenters. The van der Waals surface area contributed by atoms with E-state index in [9.17, 15) is 4.79 Å². The number of piperidine rings is 1. The van der Waals surface area contributed by atoms with Gasteiger partial charge in [0, 0.05) is 37.5 Å². The van der Waals surface area contributed by atoms with Crippen molar-refractivity contribution >= 4 is 11.6 Å². The Kier molecular flexibility index (Phi) is 3.42. The molecule has 2 aliphatic heterocycles. The minimum atomic E-state index is 0.118. The second kappa shape index (κ2) is 5.21. The van der Waals surface area contributed by atoms with E-state index in [1.54, 1.807) is 0 Å². The number of anilines is 1. The van der Waals surface area contributed by atoms with E-state index in [0.717, 1.165) is 50.1 Å². The number of aliphatic hydroxyl groups is 1. The minimum absolute atomic E-state index is 0.118. The molecule has 4 heteroatoms. The van der Waals surface area contributed by atoms with Gasteiger partial charge in [0.2, 0.25) is 0 Å². The lowest BCUT2D eigenvalue weighted by molar-refractivity contribution is 0.0651. The molecule has 0 spiro atoms. The predicted octanol–water partition coefficient (Wildman–Crippen LogP) is 1.50. The first kappa shape index (κ1) is 12.5. The van der Waals surface area contributed by atoms with Crippen molar-refractivity contribution in [3.05, 3.63) is 29.3 Å². The maximum atomic E-state index is 12.4. The van der Waals surface area contributed by atoms with E-state index in [1.807, 2.05) is 17.0 Å². The fourth-order valence-electron chi connectivity index (χ4n) is 2.93. The number of hydrogen-bond acceptors (Lipinski definition) is 3. The van der Waals surface area contributed by atoms with Crippen LogP contribution in [-0.4, -0.2) is 42.2 Å². The Hall–Kier alpha value is -1.55. The van der Waals surface area contributed by atoms with E-state index < -0.39 is 0 Å². The van der Waals surface area contributed by atoms with Gasteiger partial charge in [-0.1, -0.05) is 6.07 Å². The van der Waals surface area contributed by atoms with Crippen molar-refractivity contribution in [1.29, 1.82) is 0 Å². The van der Waals surface area contributed by atoms with E-state index >= 15 is 0 Å². The van der Waals surface area contributed by atoms with Gasteiger partial charge in [-0.2, -0.15) is 0 Å². The van der Waals surface area contributed by atoms with Crippen molar-refractivity contribution in [3.63, 3.8) is 0 Å². The molecular weight excluding hydrogens is 240 g/mol. The molecule has 2 N–H and O–H groups in total. The number of fused-ring (bicyclic) bond motifs is 1. The van der Waals surface area contributed by atoms with Gasteiger partial charge in [0.15, 0.2) is 0 Å². The Labute approximate surface area is 113 Å². The summed E-state index contributed by atoms with van der Waals surface area (Å²) in [4.78, 5) is 14.3. The van der Waals surface area contributed by atoms with Crippen molar-refractivity contribution in [2.75, 3.05) is 31.6 Å². The molecule has 1 aromatic carbocycles. The quantitative estimate of drug-likeness (QED) is 0.847. The summed E-state index contributed by atoms with van der Waals surface area (Å²) in [7, 11) is 0. The first-order valence-corrected chi connectivity index (χ1v) is 7.05. The van der Waals surface area contributed by atoms with Crippen LogP contribution in [0.1, 0.15) is 28.8 Å². The predicted molar refractivity (Wildman–Crippen MR) is 74.3 cm³/mol. The van der Waals surface area contributed by atoms with E-state index in [4.69, 9.17) is 5.11 Å². The van der Waals surface area contributed by atoms with Crippen LogP contribution in [0.2, 0.25) is 0 Å². The lowest BCUT2D eigenvalue weighted by Gasteiger charge is -2.31. The highest BCUT2D eigenvalue weighted by Crippen LogP contribution is 2.25. The normalized spacial score (nSPS) is 19.1. The molecule has 1 fully saturated rings. The molecule has 1 amide bonds. The summed E-state index contributed by atoms with van der Waals surface area (Å²) in [6.45, 7) is 2.73. The average molecular weight is 260 g/mol. The number of carbonyl (C=O) groups is 1. The van der Waals surface area contributed by atoms with Crippen LogP contribution in [0.3, 0.4) is 0 Å². The van der Waals surface area contributed by atoms with Crippen LogP contribution in [0.25, 0.3) is 0 Å². The van der Waals surface area contributed by atoms with Crippen molar-refractivity contribution in [2.45, 2.75) is 19.3 Å². The molecule has 0 saturated carbocycles. The summed E-state index contributed by atoms with van der Waals surface area (Å²) < 4.78 is 0. The largest absolute Gasteiger partial charge is 0.396 e. The van der Waals surface area contributed by atoms with Gasteiger partial charge in [0.25, 0.3) is 5.91 Å². The van der Waals surface area contributed by atoms with Gasteiger partial charge >= 0.3 is 0 Å². The van der Waals surface area contributed by atoms with Crippen LogP contribution < -0.4 is 5.32 Å². The van der Waals surface area contributed by atoms with Crippen molar-refractivity contribution in [3.8, 4) is 0 Å². The van der Waals surface area contributed by atoms with Gasteiger partial charge in [0.1, 0.15) is 0 Å². The highest BCUT2D eigenvalue weighted by molar-refractivity contribution is 5.95. The number of carbonyl (C=O) groups excluding carboxylic acids is 1. The van der Waals surface area contributed by atoms with Gasteiger partial charge in [-0.25, -0.2) is 0 Å². The Balaban J connectivity index is 1.70. The zero-order chi connectivity index (χ0) is 13.2. The number of nitrogens with zero attached hydrogens (tertiary/aromatic N) is 1. The Morgan fingerprint density at radius 3 is 2.89 bits per heavy atom. The van der Waals surface area contributed by atoms with Gasteiger partial charge in [-0.15, -0.1) is 0 Å². The Morgan fingerprint density at radius 2 is 2.16 bits per heavy atom. The third-order valence-corrected chi connectivity index (χ3v) is 4.23. The molecule has 0 aliphatic carbocycles. The first-order chi connectivity index (χ1) is 9.28. The summed E-state index contributed by atoms with van der Waals surface area (Å²) in [6, 6.07) is 5.97. The second-order valence-corrected chi connectivity index (χ2v) is 5.47. The van der Waals surface area contributed by atoms with Gasteiger partial charge in [-0.3, -0.25) is 4.79 Å². The second-order valence-electron chi connectivity index (χ2n) is 5.47. The molecule has 19 heavy (non-hydrogen) atoms. The smallest absolute Gasteiger partial charge is 0.253 e. The zero-order valence-corrected chi connectivity index (χ0v) is 11.1. The molecule has 0 bridgehead atoms. The van der Waals surface area contributed by atoms with Gasteiger partial charge in [-0.05, 0) is 42.9 Å². The molecule has 0 atom stereocenters. The van der Waals surface area contributed by atoms with Crippen molar-refractivity contribution in [2.24, 2.45) is 5.92 Å². The van der Waals surface area contributed by atoms with Crippen LogP contribution in [-0.2, 0) is 6.42 Å². The summed E-state index contributed by atoms with van der Waals surface area (Å²) >= 11 is 0. The van der Waals surface area contributed by atoms with Gasteiger partial charge in [0.05, 0.1) is 0 Å². The molecule has 102 valence electrons. The number of aliphatic hydroxyl groups excluding tert-OH is 1. The van der Waals surface area contributed by atoms with E-state index in [0.29, 0.717) is 5.92 Å². The standard InChI is InChI=1S/C15H20N2O2/c18-10-11-4-7-17(8-5-11)15(19)13-2-1-12-3-6-16-14(12)9-13/h1-2,9,11,16,18H,3-8,10H2. The lowest BCUT2D eigenvalue weighted by Crippen LogP contribution is -2.39. The third kappa shape index (κ3) is 2.45.